The number of amides is 1. The van der Waals surface area contributed by atoms with Crippen LogP contribution in [0.25, 0.3) is 0 Å². The van der Waals surface area contributed by atoms with Gasteiger partial charge in [-0.1, -0.05) is 57.2 Å². The minimum Gasteiger partial charge on any atom is -0.372 e. The first-order valence-corrected chi connectivity index (χ1v) is 8.68. The standard InChI is InChI=1S/C21H23N3O/c1-21(2,3)14-10-8-13(9-11-14)19-18-17(12-22-20(18)25)23-15-6-4-5-7-16(15)24-19/h4-11,19,23-24H,12H2,1-3H3,(H,22,25). The number of carbonyl (C=O) groups is 1. The summed E-state index contributed by atoms with van der Waals surface area (Å²) < 4.78 is 0. The highest BCUT2D eigenvalue weighted by Gasteiger charge is 2.33. The Hall–Kier alpha value is -2.75. The van der Waals surface area contributed by atoms with Gasteiger partial charge < -0.3 is 16.0 Å². The highest BCUT2D eigenvalue weighted by Crippen LogP contribution is 2.38. The lowest BCUT2D eigenvalue weighted by Crippen LogP contribution is -2.24. The number of hydrogen-bond acceptors (Lipinski definition) is 3. The number of nitrogens with one attached hydrogen (secondary N) is 3. The van der Waals surface area contributed by atoms with Gasteiger partial charge in [0.25, 0.3) is 5.91 Å². The SMILES string of the molecule is CC(C)(C)c1ccc(C2Nc3ccccc3NC3=C2C(=O)NC3)cc1. The van der Waals surface area contributed by atoms with Crippen LogP contribution in [0, 0.1) is 0 Å². The molecule has 0 aromatic heterocycles. The summed E-state index contributed by atoms with van der Waals surface area (Å²) in [7, 11) is 0. The number of para-hydroxylation sites is 2. The Labute approximate surface area is 148 Å². The van der Waals surface area contributed by atoms with Crippen molar-refractivity contribution in [3.8, 4) is 0 Å². The van der Waals surface area contributed by atoms with Crippen LogP contribution >= 0.6 is 0 Å². The van der Waals surface area contributed by atoms with E-state index in [1.54, 1.807) is 0 Å². The molecular weight excluding hydrogens is 310 g/mol. The first-order valence-electron chi connectivity index (χ1n) is 8.68. The van der Waals surface area contributed by atoms with Gasteiger partial charge in [0.05, 0.1) is 29.5 Å². The van der Waals surface area contributed by atoms with Crippen molar-refractivity contribution in [1.82, 2.24) is 5.32 Å². The summed E-state index contributed by atoms with van der Waals surface area (Å²) in [4.78, 5) is 12.5. The number of fused-ring (bicyclic) bond motifs is 1. The zero-order valence-corrected chi connectivity index (χ0v) is 14.8. The molecule has 128 valence electrons. The van der Waals surface area contributed by atoms with Gasteiger partial charge in [-0.05, 0) is 28.7 Å². The van der Waals surface area contributed by atoms with E-state index in [1.807, 2.05) is 24.3 Å². The quantitative estimate of drug-likeness (QED) is 0.741. The third kappa shape index (κ3) is 2.78. The largest absolute Gasteiger partial charge is 0.372 e. The Kier molecular flexibility index (Phi) is 3.57. The van der Waals surface area contributed by atoms with E-state index in [1.165, 1.54) is 5.56 Å². The van der Waals surface area contributed by atoms with Gasteiger partial charge in [0.1, 0.15) is 0 Å². The molecule has 0 saturated carbocycles. The van der Waals surface area contributed by atoms with Crippen molar-refractivity contribution in [1.29, 1.82) is 0 Å². The van der Waals surface area contributed by atoms with Gasteiger partial charge in [-0.3, -0.25) is 4.79 Å². The van der Waals surface area contributed by atoms with Gasteiger partial charge in [0.15, 0.2) is 0 Å². The Bertz CT molecular complexity index is 859. The van der Waals surface area contributed by atoms with Crippen molar-refractivity contribution in [2.24, 2.45) is 0 Å². The van der Waals surface area contributed by atoms with Crippen molar-refractivity contribution >= 4 is 17.3 Å². The molecule has 2 aromatic carbocycles. The number of rotatable bonds is 1. The molecule has 3 N–H and O–H groups in total. The summed E-state index contributed by atoms with van der Waals surface area (Å²) in [6.45, 7) is 7.16. The minimum atomic E-state index is -0.164. The summed E-state index contributed by atoms with van der Waals surface area (Å²) in [6.07, 6.45) is 0. The predicted octanol–water partition coefficient (Wildman–Crippen LogP) is 3.95. The Morgan fingerprint density at radius 1 is 0.960 bits per heavy atom. The molecule has 0 spiro atoms. The molecule has 0 radical (unpaired) electrons. The fraction of sp³-hybridized carbons (Fsp3) is 0.286. The topological polar surface area (TPSA) is 53.2 Å². The van der Waals surface area contributed by atoms with E-state index in [0.29, 0.717) is 6.54 Å². The van der Waals surface area contributed by atoms with Crippen molar-refractivity contribution < 1.29 is 4.79 Å². The first kappa shape index (κ1) is 15.8. The number of hydrogen-bond donors (Lipinski definition) is 3. The molecule has 2 aliphatic heterocycles. The average Bonchev–Trinajstić information content (AvgIpc) is 2.85. The van der Waals surface area contributed by atoms with Gasteiger partial charge >= 0.3 is 0 Å². The molecule has 0 saturated heterocycles. The highest BCUT2D eigenvalue weighted by atomic mass is 16.2. The summed E-state index contributed by atoms with van der Waals surface area (Å²) in [5.74, 6) is -0.00676. The Morgan fingerprint density at radius 2 is 1.64 bits per heavy atom. The third-order valence-corrected chi connectivity index (χ3v) is 4.91. The van der Waals surface area contributed by atoms with Gasteiger partial charge in [-0.25, -0.2) is 0 Å². The second-order valence-electron chi connectivity index (χ2n) is 7.69. The minimum absolute atomic E-state index is 0.00676. The van der Waals surface area contributed by atoms with Crippen LogP contribution in [0.3, 0.4) is 0 Å². The molecule has 2 aliphatic rings. The maximum Gasteiger partial charge on any atom is 0.251 e. The van der Waals surface area contributed by atoms with E-state index < -0.39 is 0 Å². The molecule has 1 amide bonds. The van der Waals surface area contributed by atoms with Crippen LogP contribution in [0.1, 0.15) is 37.9 Å². The van der Waals surface area contributed by atoms with Gasteiger partial charge in [0, 0.05) is 5.70 Å². The van der Waals surface area contributed by atoms with E-state index in [4.69, 9.17) is 0 Å². The van der Waals surface area contributed by atoms with Crippen LogP contribution < -0.4 is 16.0 Å². The van der Waals surface area contributed by atoms with E-state index in [9.17, 15) is 4.79 Å². The monoisotopic (exact) mass is 333 g/mol. The zero-order valence-electron chi connectivity index (χ0n) is 14.8. The van der Waals surface area contributed by atoms with Crippen LogP contribution in [0.5, 0.6) is 0 Å². The fourth-order valence-corrected chi connectivity index (χ4v) is 3.45. The molecule has 0 aliphatic carbocycles. The molecule has 1 atom stereocenters. The van der Waals surface area contributed by atoms with Crippen molar-refractivity contribution in [2.75, 3.05) is 17.2 Å². The maximum atomic E-state index is 12.5. The van der Waals surface area contributed by atoms with Crippen LogP contribution in [-0.4, -0.2) is 12.5 Å². The Balaban J connectivity index is 1.78. The van der Waals surface area contributed by atoms with Gasteiger partial charge in [0.2, 0.25) is 0 Å². The lowest BCUT2D eigenvalue weighted by atomic mass is 9.85. The number of anilines is 2. The molecular formula is C21H23N3O. The van der Waals surface area contributed by atoms with Gasteiger partial charge in [-0.15, -0.1) is 0 Å². The van der Waals surface area contributed by atoms with Crippen molar-refractivity contribution in [3.63, 3.8) is 0 Å². The van der Waals surface area contributed by atoms with Crippen LogP contribution in [-0.2, 0) is 10.2 Å². The number of benzene rings is 2. The van der Waals surface area contributed by atoms with E-state index >= 15 is 0 Å². The van der Waals surface area contributed by atoms with E-state index in [-0.39, 0.29) is 17.4 Å². The molecule has 4 heteroatoms. The molecule has 2 aromatic rings. The smallest absolute Gasteiger partial charge is 0.251 e. The Morgan fingerprint density at radius 3 is 2.32 bits per heavy atom. The van der Waals surface area contributed by atoms with Crippen LogP contribution in [0.4, 0.5) is 11.4 Å². The second kappa shape index (κ2) is 5.66. The summed E-state index contributed by atoms with van der Waals surface area (Å²) in [5, 5.41) is 9.92. The predicted molar refractivity (Wildman–Crippen MR) is 102 cm³/mol. The molecule has 2 heterocycles. The summed E-state index contributed by atoms with van der Waals surface area (Å²) in [5.41, 5.74) is 6.23. The van der Waals surface area contributed by atoms with Crippen LogP contribution in [0.15, 0.2) is 59.8 Å². The average molecular weight is 333 g/mol. The molecule has 0 bridgehead atoms. The highest BCUT2D eigenvalue weighted by molar-refractivity contribution is 6.00. The van der Waals surface area contributed by atoms with Crippen molar-refractivity contribution in [3.05, 3.63) is 70.9 Å². The second-order valence-corrected chi connectivity index (χ2v) is 7.69. The number of carbonyl (C=O) groups excluding carboxylic acids is 1. The third-order valence-electron chi connectivity index (χ3n) is 4.91. The first-order chi connectivity index (χ1) is 11.9. The molecule has 25 heavy (non-hydrogen) atoms. The maximum absolute atomic E-state index is 12.5. The molecule has 1 unspecified atom stereocenters. The lowest BCUT2D eigenvalue weighted by Gasteiger charge is -2.23. The van der Waals surface area contributed by atoms with E-state index in [0.717, 1.165) is 28.2 Å². The molecule has 0 fully saturated rings. The van der Waals surface area contributed by atoms with E-state index in [2.05, 4.69) is 61.0 Å². The molecule has 4 rings (SSSR count). The lowest BCUT2D eigenvalue weighted by molar-refractivity contribution is -0.116. The van der Waals surface area contributed by atoms with Crippen molar-refractivity contribution in [2.45, 2.75) is 32.2 Å². The van der Waals surface area contributed by atoms with Crippen LogP contribution in [0.2, 0.25) is 0 Å². The zero-order chi connectivity index (χ0) is 17.6. The van der Waals surface area contributed by atoms with Gasteiger partial charge in [-0.2, -0.15) is 0 Å². The normalized spacial score (nSPS) is 19.3. The summed E-state index contributed by atoms with van der Waals surface area (Å²) >= 11 is 0. The molecule has 4 nitrogen and oxygen atoms in total. The fourth-order valence-electron chi connectivity index (χ4n) is 3.45. The summed E-state index contributed by atoms with van der Waals surface area (Å²) in [6, 6.07) is 16.5.